The van der Waals surface area contributed by atoms with E-state index in [1.807, 2.05) is 30.3 Å². The number of aryl methyl sites for hydroxylation is 1. The minimum absolute atomic E-state index is 0.0125. The van der Waals surface area contributed by atoms with Crippen molar-refractivity contribution in [3.8, 4) is 6.07 Å². The van der Waals surface area contributed by atoms with Gasteiger partial charge in [-0.2, -0.15) is 5.26 Å². The van der Waals surface area contributed by atoms with E-state index >= 15 is 0 Å². The summed E-state index contributed by atoms with van der Waals surface area (Å²) in [5.74, 6) is -0.595. The number of rotatable bonds is 5. The normalized spacial score (nSPS) is 10.8. The Hall–Kier alpha value is -3.33. The van der Waals surface area contributed by atoms with Crippen molar-refractivity contribution in [3.05, 3.63) is 58.4 Å². The highest BCUT2D eigenvalue weighted by Crippen LogP contribution is 2.27. The molecule has 0 aliphatic heterocycles. The zero-order valence-electron chi connectivity index (χ0n) is 15.1. The van der Waals surface area contributed by atoms with E-state index in [1.165, 1.54) is 25.7 Å². The van der Waals surface area contributed by atoms with Gasteiger partial charge in [0.1, 0.15) is 23.0 Å². The number of esters is 1. The highest BCUT2D eigenvalue weighted by Gasteiger charge is 2.24. The fourth-order valence-electron chi connectivity index (χ4n) is 2.40. The number of methoxy groups -OCH3 is 1. The van der Waals surface area contributed by atoms with Gasteiger partial charge in [0.2, 0.25) is 5.88 Å². The van der Waals surface area contributed by atoms with Crippen molar-refractivity contribution in [2.24, 2.45) is 0 Å². The van der Waals surface area contributed by atoms with Gasteiger partial charge < -0.3 is 9.15 Å². The quantitative estimate of drug-likeness (QED) is 0.648. The van der Waals surface area contributed by atoms with Gasteiger partial charge in [-0.05, 0) is 30.0 Å². The second-order valence-electron chi connectivity index (χ2n) is 5.98. The van der Waals surface area contributed by atoms with Crippen LogP contribution in [0.25, 0.3) is 6.08 Å². The topological polar surface area (TPSA) is 92.3 Å². The summed E-state index contributed by atoms with van der Waals surface area (Å²) < 4.78 is 9.97. The van der Waals surface area contributed by atoms with Gasteiger partial charge in [0.25, 0.3) is 5.91 Å². The van der Waals surface area contributed by atoms with Gasteiger partial charge in [0.15, 0.2) is 0 Å². The summed E-state index contributed by atoms with van der Waals surface area (Å²) >= 11 is 0. The summed E-state index contributed by atoms with van der Waals surface area (Å²) in [6, 6.07) is 9.73. The van der Waals surface area contributed by atoms with E-state index in [9.17, 15) is 14.9 Å². The summed E-state index contributed by atoms with van der Waals surface area (Å²) in [7, 11) is 1.21. The van der Waals surface area contributed by atoms with Gasteiger partial charge in [-0.25, -0.2) is 4.79 Å². The minimum Gasteiger partial charge on any atom is -0.465 e. The van der Waals surface area contributed by atoms with Crippen LogP contribution in [0.3, 0.4) is 0 Å². The molecule has 0 saturated heterocycles. The number of hydrogen-bond donors (Lipinski definition) is 1. The summed E-state index contributed by atoms with van der Waals surface area (Å²) in [5, 5.41) is 11.7. The van der Waals surface area contributed by atoms with E-state index in [-0.39, 0.29) is 22.8 Å². The number of nitriles is 1. The molecule has 0 radical (unpaired) electrons. The molecule has 26 heavy (non-hydrogen) atoms. The second kappa shape index (κ2) is 8.17. The predicted molar refractivity (Wildman–Crippen MR) is 97.7 cm³/mol. The Morgan fingerprint density at radius 3 is 2.46 bits per heavy atom. The first-order valence-corrected chi connectivity index (χ1v) is 8.08. The number of hydrogen-bond acceptors (Lipinski definition) is 5. The van der Waals surface area contributed by atoms with Gasteiger partial charge in [-0.15, -0.1) is 0 Å². The fourth-order valence-corrected chi connectivity index (χ4v) is 2.40. The van der Waals surface area contributed by atoms with Gasteiger partial charge in [-0.1, -0.05) is 38.1 Å². The van der Waals surface area contributed by atoms with Crippen LogP contribution in [0.4, 0.5) is 5.88 Å². The van der Waals surface area contributed by atoms with Crippen molar-refractivity contribution < 1.29 is 18.7 Å². The molecule has 0 aliphatic rings. The van der Waals surface area contributed by atoms with Gasteiger partial charge >= 0.3 is 5.97 Å². The number of furan rings is 1. The number of benzene rings is 1. The lowest BCUT2D eigenvalue weighted by atomic mass is 10.0. The molecule has 0 unspecified atom stereocenters. The SMILES string of the molecule is COC(=O)c1c(C)oc(NC(=O)/C=C/c2ccc(C(C)C)cc2)c1C#N. The molecular weight excluding hydrogens is 332 g/mol. The van der Waals surface area contributed by atoms with E-state index in [0.717, 1.165) is 5.56 Å². The molecule has 1 aromatic heterocycles. The van der Waals surface area contributed by atoms with E-state index in [4.69, 9.17) is 4.42 Å². The molecule has 1 heterocycles. The Balaban J connectivity index is 2.15. The average Bonchev–Trinajstić information content (AvgIpc) is 2.94. The van der Waals surface area contributed by atoms with Crippen molar-refractivity contribution in [1.82, 2.24) is 0 Å². The predicted octanol–water partition coefficient (Wildman–Crippen LogP) is 4.02. The van der Waals surface area contributed by atoms with Crippen molar-refractivity contribution >= 4 is 23.8 Å². The maximum Gasteiger partial charge on any atom is 0.342 e. The summed E-state index contributed by atoms with van der Waals surface area (Å²) in [5.41, 5.74) is 2.04. The van der Waals surface area contributed by atoms with Crippen LogP contribution in [-0.2, 0) is 9.53 Å². The molecule has 0 spiro atoms. The Morgan fingerprint density at radius 2 is 1.92 bits per heavy atom. The lowest BCUT2D eigenvalue weighted by molar-refractivity contribution is -0.111. The van der Waals surface area contributed by atoms with E-state index < -0.39 is 11.9 Å². The Labute approximate surface area is 152 Å². The highest BCUT2D eigenvalue weighted by molar-refractivity contribution is 6.03. The van der Waals surface area contributed by atoms with Gasteiger partial charge in [-0.3, -0.25) is 10.1 Å². The van der Waals surface area contributed by atoms with Crippen LogP contribution in [0.2, 0.25) is 0 Å². The molecule has 6 nitrogen and oxygen atoms in total. The molecule has 0 aliphatic carbocycles. The zero-order valence-corrected chi connectivity index (χ0v) is 15.1. The number of anilines is 1. The molecule has 0 saturated carbocycles. The molecule has 1 aromatic carbocycles. The molecule has 2 aromatic rings. The monoisotopic (exact) mass is 352 g/mol. The largest absolute Gasteiger partial charge is 0.465 e. The molecule has 134 valence electrons. The number of nitrogens with one attached hydrogen (secondary N) is 1. The first-order valence-electron chi connectivity index (χ1n) is 8.08. The van der Waals surface area contributed by atoms with Crippen molar-refractivity contribution in [3.63, 3.8) is 0 Å². The maximum atomic E-state index is 12.1. The lowest BCUT2D eigenvalue weighted by Gasteiger charge is -2.04. The van der Waals surface area contributed by atoms with Gasteiger partial charge in [0.05, 0.1) is 7.11 Å². The van der Waals surface area contributed by atoms with Crippen molar-refractivity contribution in [2.75, 3.05) is 12.4 Å². The van der Waals surface area contributed by atoms with Gasteiger partial charge in [0, 0.05) is 6.08 Å². The molecule has 0 atom stereocenters. The average molecular weight is 352 g/mol. The number of carbonyl (C=O) groups excluding carboxylic acids is 2. The number of ether oxygens (including phenoxy) is 1. The van der Waals surface area contributed by atoms with Crippen molar-refractivity contribution in [1.29, 1.82) is 5.26 Å². The van der Waals surface area contributed by atoms with Crippen LogP contribution in [0.1, 0.15) is 52.6 Å². The number of carbonyl (C=O) groups is 2. The minimum atomic E-state index is -0.691. The highest BCUT2D eigenvalue weighted by atomic mass is 16.5. The van der Waals surface area contributed by atoms with Crippen LogP contribution < -0.4 is 5.32 Å². The van der Waals surface area contributed by atoms with E-state index in [2.05, 4.69) is 23.9 Å². The lowest BCUT2D eigenvalue weighted by Crippen LogP contribution is -2.09. The molecule has 0 bridgehead atoms. The van der Waals surface area contributed by atoms with Crippen molar-refractivity contribution in [2.45, 2.75) is 26.7 Å². The third-order valence-electron chi connectivity index (χ3n) is 3.85. The second-order valence-corrected chi connectivity index (χ2v) is 5.98. The first kappa shape index (κ1) is 19.0. The van der Waals surface area contributed by atoms with E-state index in [0.29, 0.717) is 5.92 Å². The molecule has 1 amide bonds. The standard InChI is InChI=1S/C20H20N2O4/c1-12(2)15-8-5-14(6-9-15)7-10-17(23)22-19-16(11-21)18(13(3)26-19)20(24)25-4/h5-10,12H,1-4H3,(H,22,23)/b10-7+. The maximum absolute atomic E-state index is 12.1. The third kappa shape index (κ3) is 4.19. The van der Waals surface area contributed by atoms with Crippen LogP contribution in [-0.4, -0.2) is 19.0 Å². The molecule has 0 fully saturated rings. The molecule has 2 rings (SSSR count). The number of nitrogens with zero attached hydrogens (tertiary/aromatic N) is 1. The van der Waals surface area contributed by atoms with E-state index in [1.54, 1.807) is 6.08 Å². The van der Waals surface area contributed by atoms with Crippen LogP contribution in [0.5, 0.6) is 0 Å². The van der Waals surface area contributed by atoms with Crippen LogP contribution >= 0.6 is 0 Å². The summed E-state index contributed by atoms with van der Waals surface area (Å²) in [6.07, 6.45) is 2.99. The zero-order chi connectivity index (χ0) is 19.3. The Morgan fingerprint density at radius 1 is 1.27 bits per heavy atom. The smallest absolute Gasteiger partial charge is 0.342 e. The summed E-state index contributed by atoms with van der Waals surface area (Å²) in [6.45, 7) is 5.74. The Kier molecular flexibility index (Phi) is 5.97. The number of amides is 1. The third-order valence-corrected chi connectivity index (χ3v) is 3.85. The molecule has 6 heteroatoms. The fraction of sp³-hybridized carbons (Fsp3) is 0.250. The molecular formula is C20H20N2O4. The Bertz CT molecular complexity index is 884. The first-order chi connectivity index (χ1) is 12.4. The van der Waals surface area contributed by atoms with Crippen LogP contribution in [0.15, 0.2) is 34.8 Å². The summed E-state index contributed by atoms with van der Waals surface area (Å²) in [4.78, 5) is 23.8. The van der Waals surface area contributed by atoms with Crippen LogP contribution in [0, 0.1) is 18.3 Å². The molecule has 1 N–H and O–H groups in total.